The predicted octanol–water partition coefficient (Wildman–Crippen LogP) is 5.72. The van der Waals surface area contributed by atoms with Crippen LogP contribution in [0.2, 0.25) is 5.02 Å². The van der Waals surface area contributed by atoms with Gasteiger partial charge in [0.25, 0.3) is 5.91 Å². The lowest BCUT2D eigenvalue weighted by molar-refractivity contribution is 0.102. The summed E-state index contributed by atoms with van der Waals surface area (Å²) in [5, 5.41) is 3.34. The normalized spacial score (nSPS) is 10.5. The number of rotatable bonds is 7. The molecule has 0 aliphatic rings. The molecule has 2 aromatic rings. The highest BCUT2D eigenvalue weighted by atomic mass is 35.5. The van der Waals surface area contributed by atoms with Crippen LogP contribution >= 0.6 is 11.6 Å². The summed E-state index contributed by atoms with van der Waals surface area (Å²) in [4.78, 5) is 12.2. The van der Waals surface area contributed by atoms with Gasteiger partial charge in [-0.05, 0) is 42.7 Å². The zero-order valence-electron chi connectivity index (χ0n) is 12.9. The first-order chi connectivity index (χ1) is 10.7. The van der Waals surface area contributed by atoms with Gasteiger partial charge in [-0.25, -0.2) is 0 Å². The van der Waals surface area contributed by atoms with Crippen molar-refractivity contribution in [3.8, 4) is 0 Å². The Balaban J connectivity index is 1.91. The summed E-state index contributed by atoms with van der Waals surface area (Å²) in [5.74, 6) is -0.179. The summed E-state index contributed by atoms with van der Waals surface area (Å²) in [6.45, 7) is 2.22. The summed E-state index contributed by atoms with van der Waals surface area (Å²) in [6, 6.07) is 15.1. The van der Waals surface area contributed by atoms with E-state index in [9.17, 15) is 4.79 Å². The molecule has 0 radical (unpaired) electrons. The minimum Gasteiger partial charge on any atom is -0.322 e. The van der Waals surface area contributed by atoms with E-state index in [1.165, 1.54) is 31.2 Å². The average molecular weight is 316 g/mol. The van der Waals surface area contributed by atoms with E-state index in [1.807, 2.05) is 18.2 Å². The number of nitrogens with one attached hydrogen (secondary N) is 1. The lowest BCUT2D eigenvalue weighted by Crippen LogP contribution is -2.12. The minimum absolute atomic E-state index is 0.179. The number of benzene rings is 2. The van der Waals surface area contributed by atoms with Crippen molar-refractivity contribution < 1.29 is 4.79 Å². The van der Waals surface area contributed by atoms with Crippen LogP contribution in [0.25, 0.3) is 0 Å². The third kappa shape index (κ3) is 4.88. The van der Waals surface area contributed by atoms with Crippen molar-refractivity contribution in [2.45, 2.75) is 39.0 Å². The van der Waals surface area contributed by atoms with Crippen LogP contribution in [-0.2, 0) is 6.42 Å². The summed E-state index contributed by atoms with van der Waals surface area (Å²) in [7, 11) is 0. The Morgan fingerprint density at radius 2 is 1.73 bits per heavy atom. The molecule has 0 saturated carbocycles. The van der Waals surface area contributed by atoms with Crippen molar-refractivity contribution in [1.29, 1.82) is 0 Å². The molecule has 0 atom stereocenters. The van der Waals surface area contributed by atoms with Crippen LogP contribution in [0.1, 0.15) is 48.5 Å². The zero-order valence-corrected chi connectivity index (χ0v) is 13.7. The number of hydrogen-bond acceptors (Lipinski definition) is 1. The van der Waals surface area contributed by atoms with Gasteiger partial charge in [0.1, 0.15) is 0 Å². The van der Waals surface area contributed by atoms with E-state index >= 15 is 0 Å². The van der Waals surface area contributed by atoms with Gasteiger partial charge in [-0.15, -0.1) is 0 Å². The molecular weight excluding hydrogens is 294 g/mol. The van der Waals surface area contributed by atoms with Crippen LogP contribution < -0.4 is 5.32 Å². The Morgan fingerprint density at radius 1 is 1.00 bits per heavy atom. The highest BCUT2D eigenvalue weighted by molar-refractivity contribution is 6.34. The van der Waals surface area contributed by atoms with Gasteiger partial charge in [-0.1, -0.05) is 62.1 Å². The third-order valence-electron chi connectivity index (χ3n) is 3.65. The van der Waals surface area contributed by atoms with Crippen molar-refractivity contribution in [3.05, 3.63) is 64.7 Å². The maximum Gasteiger partial charge on any atom is 0.257 e. The molecule has 0 spiro atoms. The van der Waals surface area contributed by atoms with Crippen LogP contribution in [0.4, 0.5) is 5.69 Å². The third-order valence-corrected chi connectivity index (χ3v) is 3.98. The monoisotopic (exact) mass is 315 g/mol. The number of anilines is 1. The average Bonchev–Trinajstić information content (AvgIpc) is 2.53. The highest BCUT2D eigenvalue weighted by Crippen LogP contribution is 2.18. The molecule has 22 heavy (non-hydrogen) atoms. The number of hydrogen-bond donors (Lipinski definition) is 1. The Labute approximate surface area is 137 Å². The standard InChI is InChI=1S/C19H22ClNO/c1-2-3-4-5-8-15-11-13-16(14-12-15)21-19(22)17-9-6-7-10-18(17)20/h6-7,9-14H,2-5,8H2,1H3,(H,21,22). The smallest absolute Gasteiger partial charge is 0.257 e. The second-order valence-electron chi connectivity index (χ2n) is 5.44. The highest BCUT2D eigenvalue weighted by Gasteiger charge is 2.09. The largest absolute Gasteiger partial charge is 0.322 e. The molecule has 2 aromatic carbocycles. The molecule has 0 heterocycles. The van der Waals surface area contributed by atoms with Gasteiger partial charge >= 0.3 is 0 Å². The van der Waals surface area contributed by atoms with Gasteiger partial charge in [0.05, 0.1) is 10.6 Å². The number of amides is 1. The molecule has 1 amide bonds. The number of halogens is 1. The molecule has 0 aliphatic heterocycles. The van der Waals surface area contributed by atoms with Gasteiger partial charge in [0, 0.05) is 5.69 Å². The van der Waals surface area contributed by atoms with E-state index in [2.05, 4.69) is 24.4 Å². The zero-order chi connectivity index (χ0) is 15.8. The molecule has 2 nitrogen and oxygen atoms in total. The van der Waals surface area contributed by atoms with Gasteiger partial charge in [0.2, 0.25) is 0 Å². The molecule has 2 rings (SSSR count). The van der Waals surface area contributed by atoms with E-state index in [0.29, 0.717) is 10.6 Å². The molecule has 0 unspecified atom stereocenters. The SMILES string of the molecule is CCCCCCc1ccc(NC(=O)c2ccccc2Cl)cc1. The molecule has 0 aliphatic carbocycles. The lowest BCUT2D eigenvalue weighted by atomic mass is 10.1. The van der Waals surface area contributed by atoms with Crippen molar-refractivity contribution in [1.82, 2.24) is 0 Å². The molecule has 0 aromatic heterocycles. The minimum atomic E-state index is -0.179. The van der Waals surface area contributed by atoms with Crippen LogP contribution in [0, 0.1) is 0 Å². The van der Waals surface area contributed by atoms with Gasteiger partial charge in [0.15, 0.2) is 0 Å². The topological polar surface area (TPSA) is 29.1 Å². The molecule has 3 heteroatoms. The summed E-state index contributed by atoms with van der Waals surface area (Å²) < 4.78 is 0. The maximum absolute atomic E-state index is 12.2. The Morgan fingerprint density at radius 3 is 2.41 bits per heavy atom. The second kappa shape index (κ2) is 8.60. The fraction of sp³-hybridized carbons (Fsp3) is 0.316. The number of carbonyl (C=O) groups excluding carboxylic acids is 1. The van der Waals surface area contributed by atoms with E-state index in [1.54, 1.807) is 18.2 Å². The van der Waals surface area contributed by atoms with Gasteiger partial charge in [-0.3, -0.25) is 4.79 Å². The van der Waals surface area contributed by atoms with Crippen molar-refractivity contribution in [3.63, 3.8) is 0 Å². The molecule has 0 bridgehead atoms. The summed E-state index contributed by atoms with van der Waals surface area (Å²) in [5.41, 5.74) is 2.60. The first kappa shape index (κ1) is 16.6. The Kier molecular flexibility index (Phi) is 6.47. The lowest BCUT2D eigenvalue weighted by Gasteiger charge is -2.08. The molecular formula is C19H22ClNO. The molecule has 0 saturated heterocycles. The van der Waals surface area contributed by atoms with Crippen molar-refractivity contribution in [2.75, 3.05) is 5.32 Å². The van der Waals surface area contributed by atoms with Crippen LogP contribution in [-0.4, -0.2) is 5.91 Å². The predicted molar refractivity (Wildman–Crippen MR) is 93.7 cm³/mol. The van der Waals surface area contributed by atoms with Crippen molar-refractivity contribution in [2.24, 2.45) is 0 Å². The number of aryl methyl sites for hydroxylation is 1. The first-order valence-corrected chi connectivity index (χ1v) is 8.23. The Hall–Kier alpha value is -1.80. The second-order valence-corrected chi connectivity index (χ2v) is 5.85. The van der Waals surface area contributed by atoms with Crippen LogP contribution in [0.3, 0.4) is 0 Å². The number of unbranched alkanes of at least 4 members (excludes halogenated alkanes) is 3. The number of carbonyl (C=O) groups is 1. The van der Waals surface area contributed by atoms with Crippen molar-refractivity contribution >= 4 is 23.2 Å². The van der Waals surface area contributed by atoms with E-state index in [-0.39, 0.29) is 5.91 Å². The maximum atomic E-state index is 12.2. The first-order valence-electron chi connectivity index (χ1n) is 7.85. The fourth-order valence-corrected chi connectivity index (χ4v) is 2.58. The Bertz CT molecular complexity index is 607. The summed E-state index contributed by atoms with van der Waals surface area (Å²) >= 11 is 6.03. The summed E-state index contributed by atoms with van der Waals surface area (Å²) in [6.07, 6.45) is 6.15. The fourth-order valence-electron chi connectivity index (χ4n) is 2.35. The van der Waals surface area contributed by atoms with Gasteiger partial charge < -0.3 is 5.32 Å². The molecule has 0 fully saturated rings. The van der Waals surface area contributed by atoms with E-state index in [0.717, 1.165) is 12.1 Å². The van der Waals surface area contributed by atoms with E-state index < -0.39 is 0 Å². The van der Waals surface area contributed by atoms with Crippen LogP contribution in [0.15, 0.2) is 48.5 Å². The molecule has 116 valence electrons. The van der Waals surface area contributed by atoms with Crippen LogP contribution in [0.5, 0.6) is 0 Å². The quantitative estimate of drug-likeness (QED) is 0.651. The molecule has 1 N–H and O–H groups in total. The van der Waals surface area contributed by atoms with E-state index in [4.69, 9.17) is 11.6 Å². The van der Waals surface area contributed by atoms with Gasteiger partial charge in [-0.2, -0.15) is 0 Å².